The fourth-order valence-corrected chi connectivity index (χ4v) is 2.28. The predicted molar refractivity (Wildman–Crippen MR) is 69.9 cm³/mol. The zero-order valence-electron chi connectivity index (χ0n) is 9.91. The Balaban J connectivity index is 2.02. The third-order valence-corrected chi connectivity index (χ3v) is 3.51. The lowest BCUT2D eigenvalue weighted by molar-refractivity contribution is 0.361. The van der Waals surface area contributed by atoms with Gasteiger partial charge in [-0.15, -0.1) is 0 Å². The lowest BCUT2D eigenvalue weighted by atomic mass is 9.87. The van der Waals surface area contributed by atoms with E-state index in [4.69, 9.17) is 17.4 Å². The molecule has 0 bridgehead atoms. The topological polar surface area (TPSA) is 75.9 Å². The van der Waals surface area contributed by atoms with Crippen LogP contribution in [0.1, 0.15) is 32.6 Å². The highest BCUT2D eigenvalue weighted by Crippen LogP contribution is 2.27. The number of hydrogen-bond donors (Lipinski definition) is 3. The Morgan fingerprint density at radius 1 is 1.35 bits per heavy atom. The summed E-state index contributed by atoms with van der Waals surface area (Å²) in [5, 5.41) is 3.90. The van der Waals surface area contributed by atoms with Crippen LogP contribution >= 0.6 is 11.6 Å². The minimum Gasteiger partial charge on any atom is -0.366 e. The molecule has 1 heterocycles. The molecule has 17 heavy (non-hydrogen) atoms. The molecule has 94 valence electrons. The second-order valence-electron chi connectivity index (χ2n) is 4.64. The largest absolute Gasteiger partial charge is 0.366 e. The summed E-state index contributed by atoms with van der Waals surface area (Å²) in [6, 6.07) is 0.448. The lowest BCUT2D eigenvalue weighted by Gasteiger charge is -2.27. The van der Waals surface area contributed by atoms with E-state index in [1.807, 2.05) is 0 Å². The molecule has 0 unspecified atom stereocenters. The maximum absolute atomic E-state index is 6.04. The average Bonchev–Trinajstić information content (AvgIpc) is 2.35. The second kappa shape index (κ2) is 5.51. The van der Waals surface area contributed by atoms with Crippen molar-refractivity contribution in [1.82, 2.24) is 9.97 Å². The van der Waals surface area contributed by atoms with Crippen LogP contribution in [0.3, 0.4) is 0 Å². The smallest absolute Gasteiger partial charge is 0.239 e. The van der Waals surface area contributed by atoms with Gasteiger partial charge in [-0.1, -0.05) is 18.5 Å². The van der Waals surface area contributed by atoms with Crippen molar-refractivity contribution in [1.29, 1.82) is 0 Å². The van der Waals surface area contributed by atoms with E-state index in [0.29, 0.717) is 22.8 Å². The number of hydrogen-bond acceptors (Lipinski definition) is 5. The number of anilines is 2. The molecule has 0 aromatic carbocycles. The Labute approximate surface area is 106 Å². The molecule has 0 amide bonds. The minimum atomic E-state index is 0.376. The van der Waals surface area contributed by atoms with Crippen LogP contribution in [0.25, 0.3) is 0 Å². The molecule has 0 atom stereocenters. The van der Waals surface area contributed by atoms with Crippen molar-refractivity contribution in [3.05, 3.63) is 11.2 Å². The van der Waals surface area contributed by atoms with Crippen molar-refractivity contribution in [2.45, 2.75) is 38.6 Å². The van der Waals surface area contributed by atoms with Gasteiger partial charge < -0.3 is 5.32 Å². The molecule has 0 spiro atoms. The molecule has 2 rings (SSSR count). The number of rotatable bonds is 3. The van der Waals surface area contributed by atoms with Crippen LogP contribution in [0, 0.1) is 5.92 Å². The molecule has 1 aromatic rings. The van der Waals surface area contributed by atoms with Gasteiger partial charge in [0.25, 0.3) is 0 Å². The SMILES string of the molecule is CC1CCC(Nc2nc(NN)ncc2Cl)CC1. The monoisotopic (exact) mass is 255 g/mol. The first-order valence-corrected chi connectivity index (χ1v) is 6.32. The second-order valence-corrected chi connectivity index (χ2v) is 5.04. The molecule has 1 aromatic heterocycles. The highest BCUT2D eigenvalue weighted by Gasteiger charge is 2.19. The van der Waals surface area contributed by atoms with Crippen LogP contribution in [-0.4, -0.2) is 16.0 Å². The van der Waals surface area contributed by atoms with Crippen LogP contribution in [0.2, 0.25) is 5.02 Å². The van der Waals surface area contributed by atoms with E-state index in [-0.39, 0.29) is 0 Å². The number of nitrogen functional groups attached to an aromatic ring is 1. The molecule has 1 aliphatic carbocycles. The number of hydrazine groups is 1. The molecular formula is C11H18ClN5. The quantitative estimate of drug-likeness (QED) is 0.571. The molecule has 1 aliphatic rings. The first-order valence-electron chi connectivity index (χ1n) is 5.94. The standard InChI is InChI=1S/C11H18ClN5/c1-7-2-4-8(5-3-7)15-10-9(12)6-14-11(16-10)17-13/h6-8H,2-5,13H2,1H3,(H2,14,15,16,17). The molecule has 0 aliphatic heterocycles. The van der Waals surface area contributed by atoms with Crippen LogP contribution in [-0.2, 0) is 0 Å². The minimum absolute atomic E-state index is 0.376. The van der Waals surface area contributed by atoms with Gasteiger partial charge in [0, 0.05) is 6.04 Å². The molecule has 4 N–H and O–H groups in total. The Morgan fingerprint density at radius 3 is 2.71 bits per heavy atom. The van der Waals surface area contributed by atoms with Gasteiger partial charge >= 0.3 is 0 Å². The van der Waals surface area contributed by atoms with Crippen LogP contribution < -0.4 is 16.6 Å². The number of aromatic nitrogens is 2. The van der Waals surface area contributed by atoms with E-state index in [0.717, 1.165) is 18.8 Å². The highest BCUT2D eigenvalue weighted by atomic mass is 35.5. The van der Waals surface area contributed by atoms with Crippen LogP contribution in [0.15, 0.2) is 6.20 Å². The van der Waals surface area contributed by atoms with Gasteiger partial charge in [-0.25, -0.2) is 10.8 Å². The van der Waals surface area contributed by atoms with Crippen molar-refractivity contribution in [3.8, 4) is 0 Å². The highest BCUT2D eigenvalue weighted by molar-refractivity contribution is 6.32. The summed E-state index contributed by atoms with van der Waals surface area (Å²) < 4.78 is 0. The van der Waals surface area contributed by atoms with E-state index in [9.17, 15) is 0 Å². The summed E-state index contributed by atoms with van der Waals surface area (Å²) in [6.07, 6.45) is 6.38. The van der Waals surface area contributed by atoms with E-state index < -0.39 is 0 Å². The van der Waals surface area contributed by atoms with Crippen molar-refractivity contribution < 1.29 is 0 Å². The average molecular weight is 256 g/mol. The summed E-state index contributed by atoms with van der Waals surface area (Å²) >= 11 is 6.04. The normalized spacial score (nSPS) is 24.4. The number of nitrogens with zero attached hydrogens (tertiary/aromatic N) is 2. The maximum atomic E-state index is 6.04. The molecule has 6 heteroatoms. The molecule has 1 fully saturated rings. The van der Waals surface area contributed by atoms with Crippen LogP contribution in [0.5, 0.6) is 0 Å². The van der Waals surface area contributed by atoms with Gasteiger partial charge in [0.05, 0.1) is 6.20 Å². The van der Waals surface area contributed by atoms with Gasteiger partial charge in [-0.05, 0) is 31.6 Å². The zero-order chi connectivity index (χ0) is 12.3. The summed E-state index contributed by atoms with van der Waals surface area (Å²) in [6.45, 7) is 2.30. The summed E-state index contributed by atoms with van der Waals surface area (Å²) in [4.78, 5) is 8.16. The first-order chi connectivity index (χ1) is 8.19. The third kappa shape index (κ3) is 3.20. The summed E-state index contributed by atoms with van der Waals surface area (Å²) in [5.41, 5.74) is 2.42. The van der Waals surface area contributed by atoms with Gasteiger partial charge in [0.2, 0.25) is 5.95 Å². The molecule has 1 saturated carbocycles. The molecular weight excluding hydrogens is 238 g/mol. The summed E-state index contributed by atoms with van der Waals surface area (Å²) in [7, 11) is 0. The van der Waals surface area contributed by atoms with Crippen molar-refractivity contribution in [2.24, 2.45) is 11.8 Å². The Morgan fingerprint density at radius 2 is 2.06 bits per heavy atom. The van der Waals surface area contributed by atoms with Crippen LogP contribution in [0.4, 0.5) is 11.8 Å². The van der Waals surface area contributed by atoms with Gasteiger partial charge in [-0.3, -0.25) is 5.43 Å². The predicted octanol–water partition coefficient (Wildman–Crippen LogP) is 2.41. The molecule has 0 saturated heterocycles. The summed E-state index contributed by atoms with van der Waals surface area (Å²) in [5.74, 6) is 7.14. The number of nitrogens with one attached hydrogen (secondary N) is 2. The Hall–Kier alpha value is -1.07. The zero-order valence-corrected chi connectivity index (χ0v) is 10.7. The van der Waals surface area contributed by atoms with E-state index >= 15 is 0 Å². The lowest BCUT2D eigenvalue weighted by Crippen LogP contribution is -2.26. The Bertz CT molecular complexity index is 376. The van der Waals surface area contributed by atoms with E-state index in [1.165, 1.54) is 12.8 Å². The van der Waals surface area contributed by atoms with Crippen molar-refractivity contribution >= 4 is 23.4 Å². The maximum Gasteiger partial charge on any atom is 0.239 e. The van der Waals surface area contributed by atoms with Crippen molar-refractivity contribution in [2.75, 3.05) is 10.7 Å². The van der Waals surface area contributed by atoms with Gasteiger partial charge in [0.15, 0.2) is 5.82 Å². The fourth-order valence-electron chi connectivity index (χ4n) is 2.14. The van der Waals surface area contributed by atoms with Gasteiger partial charge in [0.1, 0.15) is 5.02 Å². The fraction of sp³-hybridized carbons (Fsp3) is 0.636. The van der Waals surface area contributed by atoms with Crippen molar-refractivity contribution in [3.63, 3.8) is 0 Å². The molecule has 0 radical (unpaired) electrons. The first kappa shape index (κ1) is 12.4. The van der Waals surface area contributed by atoms with E-state index in [1.54, 1.807) is 6.20 Å². The van der Waals surface area contributed by atoms with Gasteiger partial charge in [-0.2, -0.15) is 4.98 Å². The third-order valence-electron chi connectivity index (χ3n) is 3.23. The Kier molecular flexibility index (Phi) is 4.02. The molecule has 5 nitrogen and oxygen atoms in total. The van der Waals surface area contributed by atoms with E-state index in [2.05, 4.69) is 27.6 Å². The number of halogens is 1. The number of nitrogens with two attached hydrogens (primary N) is 1.